The standard InChI is InChI=1S/C15H16N6O3.ClH.H2O/c1-18-13-11(14(23)19(2)15(18)24)21(9-17-13)7-6-20-5-3-4-10(8-20)12(16)22;;/h3-5,8-9H,6-7H2,1-2H3,(H-,16,22);1H;1H2. The van der Waals surface area contributed by atoms with Crippen LogP contribution >= 0.6 is 0 Å². The number of aryl methyl sites for hydroxylation is 3. The molecule has 0 aliphatic heterocycles. The van der Waals surface area contributed by atoms with Gasteiger partial charge in [0.2, 0.25) is 0 Å². The second-order valence-electron chi connectivity index (χ2n) is 5.51. The predicted molar refractivity (Wildman–Crippen MR) is 89.0 cm³/mol. The maximum atomic E-state index is 12.4. The first kappa shape index (κ1) is 21.1. The van der Waals surface area contributed by atoms with Gasteiger partial charge in [0.25, 0.3) is 11.5 Å². The van der Waals surface area contributed by atoms with Gasteiger partial charge in [0.15, 0.2) is 30.1 Å². The van der Waals surface area contributed by atoms with E-state index < -0.39 is 11.6 Å². The normalized spacial score (nSPS) is 10.2. The molecule has 0 radical (unpaired) electrons. The molecular formula is C15H19ClN6O4. The van der Waals surface area contributed by atoms with Crippen LogP contribution in [0.3, 0.4) is 0 Å². The van der Waals surface area contributed by atoms with E-state index in [4.69, 9.17) is 5.73 Å². The Kier molecular flexibility index (Phi) is 6.43. The van der Waals surface area contributed by atoms with Crippen molar-refractivity contribution in [1.82, 2.24) is 18.7 Å². The van der Waals surface area contributed by atoms with Crippen molar-refractivity contribution in [3.05, 3.63) is 57.3 Å². The average Bonchev–Trinajstić information content (AvgIpc) is 3.00. The summed E-state index contributed by atoms with van der Waals surface area (Å²) in [5.74, 6) is -0.499. The molecule has 0 fully saturated rings. The molecule has 26 heavy (non-hydrogen) atoms. The van der Waals surface area contributed by atoms with Crippen LogP contribution in [0.1, 0.15) is 10.4 Å². The third-order valence-corrected chi connectivity index (χ3v) is 3.96. The second-order valence-corrected chi connectivity index (χ2v) is 5.51. The van der Waals surface area contributed by atoms with Gasteiger partial charge in [-0.25, -0.2) is 14.3 Å². The highest BCUT2D eigenvalue weighted by atomic mass is 35.5. The van der Waals surface area contributed by atoms with Gasteiger partial charge >= 0.3 is 5.69 Å². The number of amides is 1. The zero-order chi connectivity index (χ0) is 17.4. The summed E-state index contributed by atoms with van der Waals surface area (Å²) < 4.78 is 5.90. The van der Waals surface area contributed by atoms with Crippen LogP contribution in [-0.4, -0.2) is 30.1 Å². The summed E-state index contributed by atoms with van der Waals surface area (Å²) >= 11 is 0. The van der Waals surface area contributed by atoms with E-state index in [1.54, 1.807) is 40.7 Å². The zero-order valence-electron chi connectivity index (χ0n) is 14.2. The molecule has 0 spiro atoms. The lowest BCUT2D eigenvalue weighted by atomic mass is 10.3. The van der Waals surface area contributed by atoms with Crippen LogP contribution in [0.4, 0.5) is 0 Å². The average molecular weight is 383 g/mol. The molecule has 0 aromatic carbocycles. The molecule has 140 valence electrons. The van der Waals surface area contributed by atoms with Gasteiger partial charge in [-0.3, -0.25) is 18.7 Å². The molecule has 3 aromatic rings. The van der Waals surface area contributed by atoms with E-state index in [1.165, 1.54) is 17.9 Å². The molecule has 10 nitrogen and oxygen atoms in total. The number of carbonyl (C=O) groups is 1. The Morgan fingerprint density at radius 1 is 1.27 bits per heavy atom. The van der Waals surface area contributed by atoms with E-state index in [1.807, 2.05) is 0 Å². The van der Waals surface area contributed by atoms with Gasteiger partial charge < -0.3 is 28.2 Å². The van der Waals surface area contributed by atoms with Crippen LogP contribution in [0.2, 0.25) is 0 Å². The summed E-state index contributed by atoms with van der Waals surface area (Å²) in [6.07, 6.45) is 4.98. The molecule has 3 rings (SSSR count). The SMILES string of the molecule is Cn1c(=O)c2c(ncn2CC[n+]2cccc(C(N)=O)c2)n(C)c1=O.O.[Cl-]. The van der Waals surface area contributed by atoms with Gasteiger partial charge in [0, 0.05) is 20.2 Å². The quantitative estimate of drug-likeness (QED) is 0.450. The van der Waals surface area contributed by atoms with Gasteiger partial charge in [-0.05, 0) is 6.07 Å². The highest BCUT2D eigenvalue weighted by molar-refractivity contribution is 5.92. The second kappa shape index (κ2) is 7.93. The van der Waals surface area contributed by atoms with E-state index in [0.29, 0.717) is 29.8 Å². The largest absolute Gasteiger partial charge is 1.00 e. The van der Waals surface area contributed by atoms with Crippen molar-refractivity contribution in [2.45, 2.75) is 13.1 Å². The number of rotatable bonds is 4. The van der Waals surface area contributed by atoms with E-state index in [-0.39, 0.29) is 23.4 Å². The lowest BCUT2D eigenvalue weighted by Gasteiger charge is -2.05. The maximum absolute atomic E-state index is 12.4. The van der Waals surface area contributed by atoms with Gasteiger partial charge in [-0.2, -0.15) is 0 Å². The van der Waals surface area contributed by atoms with Gasteiger partial charge in [0.05, 0.1) is 12.9 Å². The molecule has 11 heteroatoms. The number of nitrogens with two attached hydrogens (primary N) is 1. The summed E-state index contributed by atoms with van der Waals surface area (Å²) in [7, 11) is 3.01. The Labute approximate surface area is 153 Å². The minimum absolute atomic E-state index is 0. The number of halogens is 1. The molecule has 1 amide bonds. The number of nitrogens with zero attached hydrogens (tertiary/aromatic N) is 5. The number of carbonyl (C=O) groups excluding carboxylic acids is 1. The van der Waals surface area contributed by atoms with Crippen molar-refractivity contribution < 1.29 is 27.2 Å². The molecule has 0 aliphatic carbocycles. The van der Waals surface area contributed by atoms with Gasteiger partial charge in [-0.1, -0.05) is 0 Å². The van der Waals surface area contributed by atoms with Crippen LogP contribution in [0.15, 0.2) is 40.4 Å². The molecule has 3 aromatic heterocycles. The molecule has 0 saturated heterocycles. The lowest BCUT2D eigenvalue weighted by molar-refractivity contribution is -0.698. The molecule has 0 bridgehead atoms. The van der Waals surface area contributed by atoms with E-state index in [2.05, 4.69) is 4.98 Å². The fourth-order valence-corrected chi connectivity index (χ4v) is 2.60. The number of pyridine rings is 1. The molecular weight excluding hydrogens is 364 g/mol. The number of aromatic nitrogens is 5. The Morgan fingerprint density at radius 3 is 2.62 bits per heavy atom. The Bertz CT molecular complexity index is 1070. The number of primary amides is 1. The fourth-order valence-electron chi connectivity index (χ4n) is 2.60. The highest BCUT2D eigenvalue weighted by Gasteiger charge is 2.15. The van der Waals surface area contributed by atoms with Crippen molar-refractivity contribution >= 4 is 17.1 Å². The minimum atomic E-state index is -0.499. The van der Waals surface area contributed by atoms with Crippen LogP contribution < -0.4 is 34.0 Å². The molecule has 0 unspecified atom stereocenters. The van der Waals surface area contributed by atoms with Crippen molar-refractivity contribution in [2.24, 2.45) is 19.8 Å². The van der Waals surface area contributed by atoms with Crippen LogP contribution in [0.5, 0.6) is 0 Å². The molecule has 4 N–H and O–H groups in total. The molecule has 0 saturated carbocycles. The van der Waals surface area contributed by atoms with Crippen molar-refractivity contribution in [3.63, 3.8) is 0 Å². The Morgan fingerprint density at radius 2 is 1.96 bits per heavy atom. The van der Waals surface area contributed by atoms with Crippen LogP contribution in [0, 0.1) is 0 Å². The van der Waals surface area contributed by atoms with Crippen LogP contribution in [0.25, 0.3) is 11.2 Å². The molecule has 0 aliphatic rings. The lowest BCUT2D eigenvalue weighted by Crippen LogP contribution is -3.00. The maximum Gasteiger partial charge on any atom is 0.332 e. The van der Waals surface area contributed by atoms with Crippen molar-refractivity contribution in [1.29, 1.82) is 0 Å². The van der Waals surface area contributed by atoms with Gasteiger partial charge in [0.1, 0.15) is 5.56 Å². The fraction of sp³-hybridized carbons (Fsp3) is 0.267. The smallest absolute Gasteiger partial charge is 0.332 e. The van der Waals surface area contributed by atoms with Crippen LogP contribution in [-0.2, 0) is 27.2 Å². The third kappa shape index (κ3) is 3.51. The van der Waals surface area contributed by atoms with Crippen molar-refractivity contribution in [2.75, 3.05) is 0 Å². The van der Waals surface area contributed by atoms with Gasteiger partial charge in [-0.15, -0.1) is 0 Å². The van der Waals surface area contributed by atoms with E-state index in [0.717, 1.165) is 4.57 Å². The molecule has 0 atom stereocenters. The first-order valence-electron chi connectivity index (χ1n) is 7.30. The summed E-state index contributed by atoms with van der Waals surface area (Å²) in [5.41, 5.74) is 5.59. The summed E-state index contributed by atoms with van der Waals surface area (Å²) in [6, 6.07) is 3.37. The number of imidazole rings is 1. The first-order chi connectivity index (χ1) is 11.4. The zero-order valence-corrected chi connectivity index (χ0v) is 15.0. The third-order valence-electron chi connectivity index (χ3n) is 3.96. The monoisotopic (exact) mass is 382 g/mol. The minimum Gasteiger partial charge on any atom is -1.00 e. The Hall–Kier alpha value is -2.98. The number of hydrogen-bond donors (Lipinski definition) is 1. The summed E-state index contributed by atoms with van der Waals surface area (Å²) in [6.45, 7) is 0.968. The van der Waals surface area contributed by atoms with E-state index in [9.17, 15) is 14.4 Å². The summed E-state index contributed by atoms with van der Waals surface area (Å²) in [5, 5.41) is 0. The molecule has 3 heterocycles. The Balaban J connectivity index is 0.00000169. The predicted octanol–water partition coefficient (Wildman–Crippen LogP) is -5.30. The topological polar surface area (TPSA) is 140 Å². The summed E-state index contributed by atoms with van der Waals surface area (Å²) in [4.78, 5) is 39.7. The number of fused-ring (bicyclic) bond motifs is 1. The highest BCUT2D eigenvalue weighted by Crippen LogP contribution is 2.05. The first-order valence-corrected chi connectivity index (χ1v) is 7.30. The van der Waals surface area contributed by atoms with Crippen molar-refractivity contribution in [3.8, 4) is 0 Å². The van der Waals surface area contributed by atoms with E-state index >= 15 is 0 Å². The number of hydrogen-bond acceptors (Lipinski definition) is 4.